The Morgan fingerprint density at radius 2 is 2.09 bits per heavy atom. The monoisotopic (exact) mass is 156 g/mol. The van der Waals surface area contributed by atoms with Crippen molar-refractivity contribution in [3.63, 3.8) is 0 Å². The molecule has 1 rings (SSSR count). The summed E-state index contributed by atoms with van der Waals surface area (Å²) in [6, 6.07) is 0. The van der Waals surface area contributed by atoms with Crippen molar-refractivity contribution in [2.45, 2.75) is 39.2 Å². The summed E-state index contributed by atoms with van der Waals surface area (Å²) in [5.74, 6) is 0.510. The SMILES string of the molecule is CC(=O)C1CCCC(O)[C@H]1C. The first-order valence-corrected chi connectivity index (χ1v) is 4.31. The minimum Gasteiger partial charge on any atom is -0.393 e. The molecule has 1 fully saturated rings. The lowest BCUT2D eigenvalue weighted by atomic mass is 9.76. The van der Waals surface area contributed by atoms with Crippen molar-refractivity contribution in [2.24, 2.45) is 11.8 Å². The minimum absolute atomic E-state index is 0.110. The van der Waals surface area contributed by atoms with Gasteiger partial charge in [0.2, 0.25) is 0 Å². The first-order valence-electron chi connectivity index (χ1n) is 4.31. The van der Waals surface area contributed by atoms with Crippen LogP contribution in [0.25, 0.3) is 0 Å². The molecule has 0 aliphatic heterocycles. The molecular formula is C9H16O2. The van der Waals surface area contributed by atoms with Gasteiger partial charge in [-0.2, -0.15) is 0 Å². The first-order chi connectivity index (χ1) is 5.13. The summed E-state index contributed by atoms with van der Waals surface area (Å²) in [4.78, 5) is 11.0. The van der Waals surface area contributed by atoms with Gasteiger partial charge < -0.3 is 5.11 Å². The van der Waals surface area contributed by atoms with E-state index in [4.69, 9.17) is 0 Å². The van der Waals surface area contributed by atoms with E-state index in [1.165, 1.54) is 0 Å². The van der Waals surface area contributed by atoms with Crippen molar-refractivity contribution in [3.05, 3.63) is 0 Å². The highest BCUT2D eigenvalue weighted by Crippen LogP contribution is 2.30. The normalized spacial score (nSPS) is 38.6. The highest BCUT2D eigenvalue weighted by molar-refractivity contribution is 5.78. The number of ketones is 1. The molecule has 64 valence electrons. The topological polar surface area (TPSA) is 37.3 Å². The van der Waals surface area contributed by atoms with Gasteiger partial charge in [0.15, 0.2) is 0 Å². The van der Waals surface area contributed by atoms with Crippen LogP contribution < -0.4 is 0 Å². The Bertz CT molecular complexity index is 154. The zero-order valence-corrected chi connectivity index (χ0v) is 7.21. The fraction of sp³-hybridized carbons (Fsp3) is 0.889. The zero-order chi connectivity index (χ0) is 8.43. The summed E-state index contributed by atoms with van der Waals surface area (Å²) in [5, 5.41) is 9.44. The Labute approximate surface area is 67.6 Å². The Balaban J connectivity index is 2.58. The van der Waals surface area contributed by atoms with Crippen LogP contribution in [0.5, 0.6) is 0 Å². The summed E-state index contributed by atoms with van der Waals surface area (Å²) in [6.45, 7) is 3.59. The molecule has 0 aromatic rings. The summed E-state index contributed by atoms with van der Waals surface area (Å²) in [5.41, 5.74) is 0. The summed E-state index contributed by atoms with van der Waals surface area (Å²) in [6.07, 6.45) is 2.58. The predicted octanol–water partition coefficient (Wildman–Crippen LogP) is 1.37. The Morgan fingerprint density at radius 3 is 2.55 bits per heavy atom. The molecule has 0 bridgehead atoms. The quantitative estimate of drug-likeness (QED) is 0.622. The van der Waals surface area contributed by atoms with E-state index >= 15 is 0 Å². The van der Waals surface area contributed by atoms with Gasteiger partial charge in [0.1, 0.15) is 5.78 Å². The maximum Gasteiger partial charge on any atom is 0.133 e. The van der Waals surface area contributed by atoms with Gasteiger partial charge >= 0.3 is 0 Å². The van der Waals surface area contributed by atoms with Crippen LogP contribution in [0.15, 0.2) is 0 Å². The fourth-order valence-electron chi connectivity index (χ4n) is 1.91. The maximum absolute atomic E-state index is 11.0. The summed E-state index contributed by atoms with van der Waals surface area (Å²) < 4.78 is 0. The molecule has 0 aromatic heterocycles. The number of aliphatic hydroxyl groups is 1. The van der Waals surface area contributed by atoms with E-state index in [2.05, 4.69) is 0 Å². The third-order valence-electron chi connectivity index (χ3n) is 2.78. The van der Waals surface area contributed by atoms with Crippen molar-refractivity contribution in [1.82, 2.24) is 0 Å². The van der Waals surface area contributed by atoms with Crippen molar-refractivity contribution in [1.29, 1.82) is 0 Å². The summed E-state index contributed by atoms with van der Waals surface area (Å²) >= 11 is 0. The molecular weight excluding hydrogens is 140 g/mol. The largest absolute Gasteiger partial charge is 0.393 e. The van der Waals surface area contributed by atoms with E-state index in [1.54, 1.807) is 6.92 Å². The second-order valence-corrected chi connectivity index (χ2v) is 3.57. The van der Waals surface area contributed by atoms with Crippen LogP contribution in [-0.2, 0) is 4.79 Å². The van der Waals surface area contributed by atoms with Crippen LogP contribution >= 0.6 is 0 Å². The molecule has 2 heteroatoms. The van der Waals surface area contributed by atoms with Gasteiger partial charge in [0.25, 0.3) is 0 Å². The molecule has 0 saturated heterocycles. The lowest BCUT2D eigenvalue weighted by molar-refractivity contribution is -0.125. The average Bonchev–Trinajstić information content (AvgIpc) is 1.94. The average molecular weight is 156 g/mol. The second kappa shape index (κ2) is 3.35. The molecule has 0 heterocycles. The number of rotatable bonds is 1. The number of aliphatic hydroxyl groups excluding tert-OH is 1. The van der Waals surface area contributed by atoms with Crippen LogP contribution in [0.2, 0.25) is 0 Å². The van der Waals surface area contributed by atoms with Crippen molar-refractivity contribution in [3.8, 4) is 0 Å². The summed E-state index contributed by atoms with van der Waals surface area (Å²) in [7, 11) is 0. The van der Waals surface area contributed by atoms with Crippen LogP contribution in [0.1, 0.15) is 33.1 Å². The predicted molar refractivity (Wildman–Crippen MR) is 43.2 cm³/mol. The van der Waals surface area contributed by atoms with Crippen LogP contribution in [0, 0.1) is 11.8 Å². The van der Waals surface area contributed by atoms with Gasteiger partial charge in [-0.15, -0.1) is 0 Å². The van der Waals surface area contributed by atoms with Crippen molar-refractivity contribution >= 4 is 5.78 Å². The second-order valence-electron chi connectivity index (χ2n) is 3.57. The van der Waals surface area contributed by atoms with Gasteiger partial charge in [-0.25, -0.2) is 0 Å². The van der Waals surface area contributed by atoms with Gasteiger partial charge in [0, 0.05) is 5.92 Å². The molecule has 0 aromatic carbocycles. The van der Waals surface area contributed by atoms with Gasteiger partial charge in [-0.3, -0.25) is 4.79 Å². The van der Waals surface area contributed by atoms with Crippen LogP contribution in [0.4, 0.5) is 0 Å². The number of carbonyl (C=O) groups excluding carboxylic acids is 1. The molecule has 2 unspecified atom stereocenters. The standard InChI is InChI=1S/C9H16O2/c1-6-8(7(2)10)4-3-5-9(6)11/h6,8-9,11H,3-5H2,1-2H3/t6-,8?,9?/m0/s1. The fourth-order valence-corrected chi connectivity index (χ4v) is 1.91. The van der Waals surface area contributed by atoms with Crippen LogP contribution in [0.3, 0.4) is 0 Å². The first kappa shape index (κ1) is 8.72. The Hall–Kier alpha value is -0.370. The number of carbonyl (C=O) groups is 1. The molecule has 2 nitrogen and oxygen atoms in total. The third kappa shape index (κ3) is 1.80. The molecule has 0 spiro atoms. The zero-order valence-electron chi connectivity index (χ0n) is 7.21. The Kier molecular flexibility index (Phi) is 2.66. The molecule has 0 amide bonds. The number of hydrogen-bond acceptors (Lipinski definition) is 2. The third-order valence-corrected chi connectivity index (χ3v) is 2.78. The molecule has 1 saturated carbocycles. The van der Waals surface area contributed by atoms with E-state index in [0.29, 0.717) is 0 Å². The molecule has 1 aliphatic rings. The number of Topliss-reactive ketones (excluding diaryl/α,β-unsaturated/α-hetero) is 1. The van der Waals surface area contributed by atoms with Gasteiger partial charge in [0.05, 0.1) is 6.10 Å². The minimum atomic E-state index is -0.252. The molecule has 1 aliphatic carbocycles. The lowest BCUT2D eigenvalue weighted by Crippen LogP contribution is -2.33. The van der Waals surface area contributed by atoms with Crippen LogP contribution in [-0.4, -0.2) is 17.0 Å². The Morgan fingerprint density at radius 1 is 1.45 bits per heavy atom. The molecule has 3 atom stereocenters. The lowest BCUT2D eigenvalue weighted by Gasteiger charge is -2.31. The molecule has 11 heavy (non-hydrogen) atoms. The number of hydrogen-bond donors (Lipinski definition) is 1. The van der Waals surface area contributed by atoms with E-state index in [1.807, 2.05) is 6.92 Å². The van der Waals surface area contributed by atoms with E-state index in [-0.39, 0.29) is 23.7 Å². The smallest absolute Gasteiger partial charge is 0.133 e. The van der Waals surface area contributed by atoms with Crippen molar-refractivity contribution < 1.29 is 9.90 Å². The maximum atomic E-state index is 11.0. The van der Waals surface area contributed by atoms with Gasteiger partial charge in [-0.1, -0.05) is 13.3 Å². The molecule has 0 radical (unpaired) electrons. The highest BCUT2D eigenvalue weighted by Gasteiger charge is 2.30. The van der Waals surface area contributed by atoms with E-state index in [9.17, 15) is 9.90 Å². The van der Waals surface area contributed by atoms with E-state index < -0.39 is 0 Å². The molecule has 1 N–H and O–H groups in total. The highest BCUT2D eigenvalue weighted by atomic mass is 16.3. The van der Waals surface area contributed by atoms with Gasteiger partial charge in [-0.05, 0) is 25.7 Å². The van der Waals surface area contributed by atoms with Crippen molar-refractivity contribution in [2.75, 3.05) is 0 Å². The van der Waals surface area contributed by atoms with E-state index in [0.717, 1.165) is 19.3 Å².